The third kappa shape index (κ3) is 3.80. The van der Waals surface area contributed by atoms with Crippen molar-refractivity contribution in [3.8, 4) is 0 Å². The van der Waals surface area contributed by atoms with E-state index in [1.54, 1.807) is 23.0 Å². The number of halogens is 1. The molecule has 8 heteroatoms. The predicted molar refractivity (Wildman–Crippen MR) is 110 cm³/mol. The fourth-order valence-corrected chi connectivity index (χ4v) is 3.56. The van der Waals surface area contributed by atoms with Crippen LogP contribution in [0, 0.1) is 5.92 Å². The molecule has 28 heavy (non-hydrogen) atoms. The van der Waals surface area contributed by atoms with E-state index in [-0.39, 0.29) is 11.7 Å². The van der Waals surface area contributed by atoms with Crippen molar-refractivity contribution in [1.82, 2.24) is 25.1 Å². The van der Waals surface area contributed by atoms with E-state index < -0.39 is 0 Å². The van der Waals surface area contributed by atoms with E-state index in [0.29, 0.717) is 23.1 Å². The van der Waals surface area contributed by atoms with Gasteiger partial charge in [0.1, 0.15) is 5.82 Å². The van der Waals surface area contributed by atoms with Crippen LogP contribution in [-0.2, 0) is 13.6 Å². The molecule has 146 valence electrons. The van der Waals surface area contributed by atoms with Crippen LogP contribution >= 0.6 is 11.6 Å². The van der Waals surface area contributed by atoms with Gasteiger partial charge in [-0.15, -0.1) is 0 Å². The second kappa shape index (κ2) is 7.75. The molecule has 1 N–H and O–H groups in total. The molecule has 0 bridgehead atoms. The maximum absolute atomic E-state index is 12.7. The van der Waals surface area contributed by atoms with Crippen LogP contribution in [0.4, 0.5) is 5.82 Å². The van der Waals surface area contributed by atoms with Crippen LogP contribution in [0.2, 0.25) is 5.02 Å². The summed E-state index contributed by atoms with van der Waals surface area (Å²) < 4.78 is 1.68. The molecule has 3 aromatic rings. The zero-order chi connectivity index (χ0) is 19.7. The lowest BCUT2D eigenvalue weighted by atomic mass is 9.99. The summed E-state index contributed by atoms with van der Waals surface area (Å²) in [7, 11) is 1.83. The first-order valence-electron chi connectivity index (χ1n) is 9.48. The van der Waals surface area contributed by atoms with Crippen LogP contribution in [-0.4, -0.2) is 38.7 Å². The van der Waals surface area contributed by atoms with E-state index in [4.69, 9.17) is 11.6 Å². The minimum Gasteiger partial charge on any atom is -0.356 e. The molecule has 1 aliphatic rings. The zero-order valence-electron chi connectivity index (χ0n) is 16.0. The minimum atomic E-state index is -0.301. The lowest BCUT2D eigenvalue weighted by Gasteiger charge is -2.31. The number of anilines is 1. The van der Waals surface area contributed by atoms with Crippen LogP contribution in [0.3, 0.4) is 0 Å². The molecule has 2 aromatic heterocycles. The number of aromatic nitrogens is 4. The van der Waals surface area contributed by atoms with Gasteiger partial charge in [-0.25, -0.2) is 9.97 Å². The summed E-state index contributed by atoms with van der Waals surface area (Å²) >= 11 is 5.91. The average molecular weight is 399 g/mol. The number of rotatable bonds is 4. The Hall–Kier alpha value is -2.67. The van der Waals surface area contributed by atoms with Gasteiger partial charge in [0.25, 0.3) is 5.91 Å². The van der Waals surface area contributed by atoms with Gasteiger partial charge < -0.3 is 10.2 Å². The van der Waals surface area contributed by atoms with Crippen molar-refractivity contribution in [1.29, 1.82) is 0 Å². The van der Waals surface area contributed by atoms with Crippen molar-refractivity contribution in [2.75, 3.05) is 18.0 Å². The van der Waals surface area contributed by atoms with Crippen molar-refractivity contribution < 1.29 is 4.79 Å². The Kier molecular flexibility index (Phi) is 5.17. The molecule has 7 nitrogen and oxygen atoms in total. The van der Waals surface area contributed by atoms with Crippen molar-refractivity contribution in [2.24, 2.45) is 13.0 Å². The number of carbonyl (C=O) groups excluding carboxylic acids is 1. The molecule has 1 amide bonds. The quantitative estimate of drug-likeness (QED) is 0.730. The second-order valence-electron chi connectivity index (χ2n) is 7.35. The fraction of sp³-hybridized carbons (Fsp3) is 0.400. The monoisotopic (exact) mass is 398 g/mol. The molecule has 3 heterocycles. The number of nitrogens with zero attached hydrogens (tertiary/aromatic N) is 5. The Morgan fingerprint density at radius 2 is 1.93 bits per heavy atom. The SMILES string of the molecule is CC1CCN(c2nc(C(=O)NCc3ccc(Cl)cc3)nc3c2cnn3C)CC1. The van der Waals surface area contributed by atoms with Crippen LogP contribution in [0.1, 0.15) is 35.9 Å². The van der Waals surface area contributed by atoms with Crippen molar-refractivity contribution in [3.05, 3.63) is 46.9 Å². The van der Waals surface area contributed by atoms with Crippen LogP contribution < -0.4 is 10.2 Å². The van der Waals surface area contributed by atoms with Gasteiger partial charge in [0.15, 0.2) is 5.65 Å². The summed E-state index contributed by atoms with van der Waals surface area (Å²) in [5.41, 5.74) is 1.63. The molecule has 1 fully saturated rings. The number of fused-ring (bicyclic) bond motifs is 1. The summed E-state index contributed by atoms with van der Waals surface area (Å²) in [5.74, 6) is 1.37. The van der Waals surface area contributed by atoms with E-state index in [1.807, 2.05) is 19.2 Å². The van der Waals surface area contributed by atoms with E-state index in [2.05, 4.69) is 32.2 Å². The van der Waals surface area contributed by atoms with Crippen molar-refractivity contribution in [2.45, 2.75) is 26.3 Å². The molecule has 0 radical (unpaired) electrons. The Morgan fingerprint density at radius 3 is 2.64 bits per heavy atom. The molecular formula is C20H23ClN6O. The van der Waals surface area contributed by atoms with Crippen molar-refractivity contribution >= 4 is 34.4 Å². The third-order valence-electron chi connectivity index (χ3n) is 5.22. The Balaban J connectivity index is 1.60. The van der Waals surface area contributed by atoms with E-state index >= 15 is 0 Å². The Labute approximate surface area is 168 Å². The molecule has 1 aromatic carbocycles. The predicted octanol–water partition coefficient (Wildman–Crippen LogP) is 3.18. The maximum Gasteiger partial charge on any atom is 0.289 e. The molecule has 0 aliphatic carbocycles. The molecule has 0 spiro atoms. The molecule has 0 saturated carbocycles. The highest BCUT2D eigenvalue weighted by atomic mass is 35.5. The summed E-state index contributed by atoms with van der Waals surface area (Å²) in [6, 6.07) is 7.37. The average Bonchev–Trinajstić information content (AvgIpc) is 3.08. The summed E-state index contributed by atoms with van der Waals surface area (Å²) in [5, 5.41) is 8.75. The second-order valence-corrected chi connectivity index (χ2v) is 7.79. The highest BCUT2D eigenvalue weighted by Crippen LogP contribution is 2.27. The van der Waals surface area contributed by atoms with Gasteiger partial charge in [-0.1, -0.05) is 30.7 Å². The van der Waals surface area contributed by atoms with Gasteiger partial charge in [-0.2, -0.15) is 5.10 Å². The number of piperidine rings is 1. The first kappa shape index (κ1) is 18.7. The third-order valence-corrected chi connectivity index (χ3v) is 5.48. The van der Waals surface area contributed by atoms with Gasteiger partial charge in [0.2, 0.25) is 5.82 Å². The van der Waals surface area contributed by atoms with Gasteiger partial charge in [-0.3, -0.25) is 9.48 Å². The number of nitrogens with one attached hydrogen (secondary N) is 1. The highest BCUT2D eigenvalue weighted by Gasteiger charge is 2.23. The van der Waals surface area contributed by atoms with Gasteiger partial charge >= 0.3 is 0 Å². The first-order chi connectivity index (χ1) is 13.5. The van der Waals surface area contributed by atoms with Gasteiger partial charge in [0, 0.05) is 31.7 Å². The van der Waals surface area contributed by atoms with E-state index in [9.17, 15) is 4.79 Å². The molecule has 0 unspecified atom stereocenters. The number of hydrogen-bond acceptors (Lipinski definition) is 5. The summed E-state index contributed by atoms with van der Waals surface area (Å²) in [6.07, 6.45) is 4.01. The Morgan fingerprint density at radius 1 is 1.21 bits per heavy atom. The smallest absolute Gasteiger partial charge is 0.289 e. The van der Waals surface area contributed by atoms with Crippen LogP contribution in [0.25, 0.3) is 11.0 Å². The number of amides is 1. The minimum absolute atomic E-state index is 0.165. The number of hydrogen-bond donors (Lipinski definition) is 1. The summed E-state index contributed by atoms with van der Waals surface area (Å²) in [4.78, 5) is 24.1. The topological polar surface area (TPSA) is 75.9 Å². The number of benzene rings is 1. The number of carbonyl (C=O) groups is 1. The lowest BCUT2D eigenvalue weighted by molar-refractivity contribution is 0.0941. The van der Waals surface area contributed by atoms with Crippen LogP contribution in [0.15, 0.2) is 30.5 Å². The largest absolute Gasteiger partial charge is 0.356 e. The highest BCUT2D eigenvalue weighted by molar-refractivity contribution is 6.30. The fourth-order valence-electron chi connectivity index (χ4n) is 3.43. The van der Waals surface area contributed by atoms with Crippen LogP contribution in [0.5, 0.6) is 0 Å². The standard InChI is InChI=1S/C20H23ClN6O/c1-13-7-9-27(10-8-13)19-16-12-23-26(2)18(16)24-17(25-19)20(28)22-11-14-3-5-15(21)6-4-14/h3-6,12-13H,7-11H2,1-2H3,(H,22,28). The normalized spacial score (nSPS) is 15.2. The van der Waals surface area contributed by atoms with Gasteiger partial charge in [-0.05, 0) is 36.5 Å². The maximum atomic E-state index is 12.7. The Bertz CT molecular complexity index is 992. The summed E-state index contributed by atoms with van der Waals surface area (Å²) in [6.45, 7) is 4.51. The first-order valence-corrected chi connectivity index (χ1v) is 9.86. The molecule has 1 aliphatic heterocycles. The molecular weight excluding hydrogens is 376 g/mol. The molecule has 1 saturated heterocycles. The molecule has 0 atom stereocenters. The van der Waals surface area contributed by atoms with E-state index in [0.717, 1.165) is 42.7 Å². The number of aryl methyl sites for hydroxylation is 1. The van der Waals surface area contributed by atoms with Gasteiger partial charge in [0.05, 0.1) is 11.6 Å². The van der Waals surface area contributed by atoms with E-state index in [1.165, 1.54) is 0 Å². The lowest BCUT2D eigenvalue weighted by Crippen LogP contribution is -2.34. The van der Waals surface area contributed by atoms with Crippen molar-refractivity contribution in [3.63, 3.8) is 0 Å². The molecule has 4 rings (SSSR count). The zero-order valence-corrected chi connectivity index (χ0v) is 16.8.